The summed E-state index contributed by atoms with van der Waals surface area (Å²) in [6.07, 6.45) is 7.44. The largest absolute Gasteiger partial charge is 0.389 e. The van der Waals surface area contributed by atoms with Gasteiger partial charge in [0.2, 0.25) is 0 Å². The lowest BCUT2D eigenvalue weighted by Crippen LogP contribution is -2.37. The van der Waals surface area contributed by atoms with E-state index in [4.69, 9.17) is 4.74 Å². The Labute approximate surface area is 79.8 Å². The van der Waals surface area contributed by atoms with Crippen LogP contribution in [0.4, 0.5) is 0 Å². The first-order valence-electron chi connectivity index (χ1n) is 4.88. The van der Waals surface area contributed by atoms with Crippen molar-refractivity contribution in [3.05, 3.63) is 12.2 Å². The van der Waals surface area contributed by atoms with Crippen molar-refractivity contribution in [3.63, 3.8) is 0 Å². The van der Waals surface area contributed by atoms with Gasteiger partial charge >= 0.3 is 0 Å². The summed E-state index contributed by atoms with van der Waals surface area (Å²) >= 11 is 0. The molecule has 1 rings (SSSR count). The molecule has 0 heterocycles. The Morgan fingerprint density at radius 2 is 2.46 bits per heavy atom. The Morgan fingerprint density at radius 1 is 1.62 bits per heavy atom. The van der Waals surface area contributed by atoms with E-state index in [0.717, 1.165) is 12.8 Å². The van der Waals surface area contributed by atoms with Gasteiger partial charge in [0.15, 0.2) is 0 Å². The average Bonchev–Trinajstić information content (AvgIpc) is 2.17. The molecule has 76 valence electrons. The zero-order valence-corrected chi connectivity index (χ0v) is 8.20. The maximum absolute atomic E-state index is 9.37. The van der Waals surface area contributed by atoms with E-state index in [0.29, 0.717) is 19.2 Å². The number of nitrogens with one attached hydrogen (secondary N) is 1. The summed E-state index contributed by atoms with van der Waals surface area (Å²) in [5, 5.41) is 12.7. The second-order valence-corrected chi connectivity index (χ2v) is 3.50. The van der Waals surface area contributed by atoms with Gasteiger partial charge in [-0.3, -0.25) is 0 Å². The summed E-state index contributed by atoms with van der Waals surface area (Å²) in [5.41, 5.74) is 0. The smallest absolute Gasteiger partial charge is 0.0897 e. The first kappa shape index (κ1) is 10.7. The van der Waals surface area contributed by atoms with Crippen LogP contribution in [0.2, 0.25) is 0 Å². The average molecular weight is 185 g/mol. The first-order valence-corrected chi connectivity index (χ1v) is 4.88. The van der Waals surface area contributed by atoms with E-state index in [-0.39, 0.29) is 6.10 Å². The molecular formula is C10H19NO2. The second-order valence-electron chi connectivity index (χ2n) is 3.50. The lowest BCUT2D eigenvalue weighted by molar-refractivity contribution is 0.0625. The van der Waals surface area contributed by atoms with Crippen LogP contribution in [-0.4, -0.2) is 37.5 Å². The van der Waals surface area contributed by atoms with Gasteiger partial charge in [-0.25, -0.2) is 0 Å². The maximum Gasteiger partial charge on any atom is 0.0897 e. The molecule has 0 radical (unpaired) electrons. The summed E-state index contributed by atoms with van der Waals surface area (Å²) in [7, 11) is 1.60. The highest BCUT2D eigenvalue weighted by atomic mass is 16.5. The lowest BCUT2D eigenvalue weighted by atomic mass is 10.0. The van der Waals surface area contributed by atoms with Crippen molar-refractivity contribution in [2.24, 2.45) is 0 Å². The molecule has 0 aromatic rings. The van der Waals surface area contributed by atoms with Crippen molar-refractivity contribution < 1.29 is 9.84 Å². The predicted molar refractivity (Wildman–Crippen MR) is 52.7 cm³/mol. The Bertz CT molecular complexity index is 159. The molecule has 0 spiro atoms. The van der Waals surface area contributed by atoms with Crippen LogP contribution in [0.15, 0.2) is 12.2 Å². The molecule has 1 aliphatic rings. The standard InChI is InChI=1S/C10H19NO2/c1-13-8-10(12)7-11-9-5-3-2-4-6-9/h2-3,9-12H,4-8H2,1H3. The zero-order valence-electron chi connectivity index (χ0n) is 8.20. The van der Waals surface area contributed by atoms with E-state index in [1.54, 1.807) is 7.11 Å². The fraction of sp³-hybridized carbons (Fsp3) is 0.800. The van der Waals surface area contributed by atoms with Crippen LogP contribution in [0.5, 0.6) is 0 Å². The molecule has 2 N–H and O–H groups in total. The van der Waals surface area contributed by atoms with Gasteiger partial charge in [0.05, 0.1) is 12.7 Å². The number of rotatable bonds is 5. The third kappa shape index (κ3) is 4.41. The molecule has 0 saturated heterocycles. The minimum atomic E-state index is -0.379. The predicted octanol–water partition coefficient (Wildman–Crippen LogP) is 0.692. The van der Waals surface area contributed by atoms with Crippen LogP contribution in [0, 0.1) is 0 Å². The number of methoxy groups -OCH3 is 1. The molecule has 13 heavy (non-hydrogen) atoms. The van der Waals surface area contributed by atoms with Gasteiger partial charge in [0.25, 0.3) is 0 Å². The van der Waals surface area contributed by atoms with Gasteiger partial charge in [0, 0.05) is 19.7 Å². The Balaban J connectivity index is 2.07. The lowest BCUT2D eigenvalue weighted by Gasteiger charge is -2.21. The van der Waals surface area contributed by atoms with Gasteiger partial charge in [-0.15, -0.1) is 0 Å². The van der Waals surface area contributed by atoms with Crippen molar-refractivity contribution in [2.75, 3.05) is 20.3 Å². The topological polar surface area (TPSA) is 41.5 Å². The number of allylic oxidation sites excluding steroid dienone is 1. The normalized spacial score (nSPS) is 24.6. The van der Waals surface area contributed by atoms with Crippen LogP contribution < -0.4 is 5.32 Å². The molecule has 0 aliphatic heterocycles. The Morgan fingerprint density at radius 3 is 3.08 bits per heavy atom. The molecule has 0 aromatic carbocycles. The highest BCUT2D eigenvalue weighted by Crippen LogP contribution is 2.10. The zero-order chi connectivity index (χ0) is 9.52. The SMILES string of the molecule is COCC(O)CNC1CC=CCC1. The van der Waals surface area contributed by atoms with Crippen LogP contribution in [0.3, 0.4) is 0 Å². The first-order chi connectivity index (χ1) is 6.33. The van der Waals surface area contributed by atoms with Crippen molar-refractivity contribution >= 4 is 0 Å². The molecule has 0 aromatic heterocycles. The van der Waals surface area contributed by atoms with Gasteiger partial charge in [0.1, 0.15) is 0 Å². The number of hydrogen-bond donors (Lipinski definition) is 2. The van der Waals surface area contributed by atoms with Crippen LogP contribution in [0.25, 0.3) is 0 Å². The van der Waals surface area contributed by atoms with Crippen molar-refractivity contribution in [3.8, 4) is 0 Å². The molecule has 3 heteroatoms. The van der Waals surface area contributed by atoms with E-state index in [9.17, 15) is 5.11 Å². The van der Waals surface area contributed by atoms with Crippen molar-refractivity contribution in [1.29, 1.82) is 0 Å². The fourth-order valence-corrected chi connectivity index (χ4v) is 1.53. The molecule has 2 unspecified atom stereocenters. The van der Waals surface area contributed by atoms with Crippen LogP contribution in [0.1, 0.15) is 19.3 Å². The van der Waals surface area contributed by atoms with Crippen molar-refractivity contribution in [1.82, 2.24) is 5.32 Å². The minimum Gasteiger partial charge on any atom is -0.389 e. The summed E-state index contributed by atoms with van der Waals surface area (Å²) in [6, 6.07) is 0.538. The Kier molecular flexibility index (Phi) is 5.05. The second kappa shape index (κ2) is 6.13. The molecule has 1 aliphatic carbocycles. The number of aliphatic hydroxyl groups excluding tert-OH is 1. The van der Waals surface area contributed by atoms with E-state index in [1.165, 1.54) is 6.42 Å². The van der Waals surface area contributed by atoms with Gasteiger partial charge in [-0.2, -0.15) is 0 Å². The summed E-state index contributed by atoms with van der Waals surface area (Å²) < 4.78 is 4.84. The maximum atomic E-state index is 9.37. The Hall–Kier alpha value is -0.380. The van der Waals surface area contributed by atoms with E-state index < -0.39 is 0 Å². The number of hydrogen-bond acceptors (Lipinski definition) is 3. The molecule has 0 saturated carbocycles. The number of aliphatic hydroxyl groups is 1. The quantitative estimate of drug-likeness (QED) is 0.619. The molecular weight excluding hydrogens is 166 g/mol. The highest BCUT2D eigenvalue weighted by molar-refractivity contribution is 4.93. The molecule has 0 amide bonds. The molecule has 3 nitrogen and oxygen atoms in total. The summed E-state index contributed by atoms with van der Waals surface area (Å²) in [4.78, 5) is 0. The molecule has 0 bridgehead atoms. The summed E-state index contributed by atoms with van der Waals surface area (Å²) in [6.45, 7) is 1.04. The van der Waals surface area contributed by atoms with Crippen LogP contribution >= 0.6 is 0 Å². The highest BCUT2D eigenvalue weighted by Gasteiger charge is 2.10. The minimum absolute atomic E-state index is 0.379. The van der Waals surface area contributed by atoms with E-state index >= 15 is 0 Å². The van der Waals surface area contributed by atoms with Gasteiger partial charge in [-0.1, -0.05) is 12.2 Å². The third-order valence-electron chi connectivity index (χ3n) is 2.27. The molecule has 2 atom stereocenters. The third-order valence-corrected chi connectivity index (χ3v) is 2.27. The monoisotopic (exact) mass is 185 g/mol. The number of ether oxygens (including phenoxy) is 1. The van der Waals surface area contributed by atoms with Gasteiger partial charge in [-0.05, 0) is 19.3 Å². The van der Waals surface area contributed by atoms with E-state index in [1.807, 2.05) is 0 Å². The fourth-order valence-electron chi connectivity index (χ4n) is 1.53. The van der Waals surface area contributed by atoms with Gasteiger partial charge < -0.3 is 15.2 Å². The van der Waals surface area contributed by atoms with Crippen molar-refractivity contribution in [2.45, 2.75) is 31.4 Å². The van der Waals surface area contributed by atoms with Crippen LogP contribution in [-0.2, 0) is 4.74 Å². The molecule has 0 fully saturated rings. The summed E-state index contributed by atoms with van der Waals surface area (Å²) in [5.74, 6) is 0. The van der Waals surface area contributed by atoms with E-state index in [2.05, 4.69) is 17.5 Å².